The highest BCUT2D eigenvalue weighted by Gasteiger charge is 2.45. The first kappa shape index (κ1) is 18.7. The van der Waals surface area contributed by atoms with Crippen LogP contribution in [-0.4, -0.2) is 51.0 Å². The summed E-state index contributed by atoms with van der Waals surface area (Å²) in [6.45, 7) is 3.24. The summed E-state index contributed by atoms with van der Waals surface area (Å²) in [5, 5.41) is 5.00. The Labute approximate surface area is 146 Å². The molecule has 0 spiro atoms. The fourth-order valence-corrected chi connectivity index (χ4v) is 6.99. The van der Waals surface area contributed by atoms with Gasteiger partial charge in [-0.05, 0) is 43.7 Å². The third-order valence-corrected chi connectivity index (χ3v) is 7.81. The van der Waals surface area contributed by atoms with E-state index in [0.717, 1.165) is 37.1 Å². The molecule has 1 aromatic heterocycles. The molecule has 23 heavy (non-hydrogen) atoms. The molecule has 9 heteroatoms. The lowest BCUT2D eigenvalue weighted by Gasteiger charge is -2.27. The smallest absolute Gasteiger partial charge is 0.349 e. The number of methoxy groups -OCH3 is 1. The van der Waals surface area contributed by atoms with Crippen LogP contribution in [0.15, 0.2) is 10.3 Å². The van der Waals surface area contributed by atoms with Gasteiger partial charge in [-0.3, -0.25) is 0 Å². The Kier molecular flexibility index (Phi) is 5.73. The summed E-state index contributed by atoms with van der Waals surface area (Å²) in [5.41, 5.74) is 0.613. The van der Waals surface area contributed by atoms with Gasteiger partial charge in [0.25, 0.3) is 0 Å². The Hall–Kier alpha value is -0.670. The molecule has 3 rings (SSSR count). The molecule has 2 saturated heterocycles. The van der Waals surface area contributed by atoms with Crippen molar-refractivity contribution >= 4 is 39.7 Å². The molecular weight excluding hydrogens is 360 g/mol. The number of carbonyl (C=O) groups excluding carboxylic acids is 1. The molecule has 0 saturated carbocycles. The first-order valence-corrected chi connectivity index (χ1v) is 9.69. The first-order chi connectivity index (χ1) is 10.5. The molecule has 2 atom stereocenters. The molecule has 0 aromatic carbocycles. The molecule has 2 aliphatic heterocycles. The van der Waals surface area contributed by atoms with Gasteiger partial charge in [-0.2, -0.15) is 4.31 Å². The highest BCUT2D eigenvalue weighted by Crippen LogP contribution is 2.37. The van der Waals surface area contributed by atoms with Gasteiger partial charge in [-0.15, -0.1) is 23.7 Å². The molecule has 0 amide bonds. The first-order valence-electron chi connectivity index (χ1n) is 7.37. The topological polar surface area (TPSA) is 75.7 Å². The Morgan fingerprint density at radius 1 is 1.35 bits per heavy atom. The molecule has 2 unspecified atom stereocenters. The minimum atomic E-state index is -3.69. The molecule has 2 fully saturated rings. The van der Waals surface area contributed by atoms with Crippen molar-refractivity contribution in [2.24, 2.45) is 0 Å². The number of ether oxygens (including phenoxy) is 1. The summed E-state index contributed by atoms with van der Waals surface area (Å²) in [6.07, 6.45) is 2.57. The largest absolute Gasteiger partial charge is 0.465 e. The van der Waals surface area contributed by atoms with Gasteiger partial charge in [0.1, 0.15) is 9.77 Å². The minimum Gasteiger partial charge on any atom is -0.465 e. The number of sulfonamides is 1. The third-order valence-electron chi connectivity index (χ3n) is 4.41. The van der Waals surface area contributed by atoms with E-state index < -0.39 is 16.0 Å². The van der Waals surface area contributed by atoms with Gasteiger partial charge in [0.05, 0.1) is 7.11 Å². The van der Waals surface area contributed by atoms with Crippen LogP contribution in [0.3, 0.4) is 0 Å². The van der Waals surface area contributed by atoms with Crippen LogP contribution in [0.25, 0.3) is 0 Å². The predicted molar refractivity (Wildman–Crippen MR) is 91.0 cm³/mol. The van der Waals surface area contributed by atoms with Crippen molar-refractivity contribution in [2.75, 3.05) is 20.2 Å². The fourth-order valence-electron chi connectivity index (χ4n) is 3.42. The van der Waals surface area contributed by atoms with Crippen LogP contribution in [0.4, 0.5) is 0 Å². The number of fused-ring (bicyclic) bond motifs is 2. The van der Waals surface area contributed by atoms with E-state index in [1.54, 1.807) is 16.6 Å². The van der Waals surface area contributed by atoms with Crippen LogP contribution in [0.1, 0.15) is 34.5 Å². The summed E-state index contributed by atoms with van der Waals surface area (Å²) in [4.78, 5) is 12.2. The molecular formula is C14H21ClN2O4S2. The Morgan fingerprint density at radius 3 is 2.74 bits per heavy atom. The maximum absolute atomic E-state index is 13.2. The standard InChI is InChI=1S/C14H20N2O4S2.ClH/c1-9-8-21-12(14(17)20-2)13(9)22(18,19)16-10-3-4-11(16)7-15-6-5-10;/h8,10-11,15H,3-7H2,1-2H3;1H. The molecule has 130 valence electrons. The number of nitrogens with zero attached hydrogens (tertiary/aromatic N) is 1. The molecule has 3 heterocycles. The van der Waals surface area contributed by atoms with Gasteiger partial charge in [-0.25, -0.2) is 13.2 Å². The van der Waals surface area contributed by atoms with Gasteiger partial charge in [0.15, 0.2) is 0 Å². The number of esters is 1. The maximum Gasteiger partial charge on any atom is 0.349 e. The van der Waals surface area contributed by atoms with Crippen molar-refractivity contribution in [2.45, 2.75) is 43.2 Å². The van der Waals surface area contributed by atoms with Crippen molar-refractivity contribution < 1.29 is 17.9 Å². The van der Waals surface area contributed by atoms with Crippen molar-refractivity contribution in [3.63, 3.8) is 0 Å². The highest BCUT2D eigenvalue weighted by atomic mass is 35.5. The third kappa shape index (κ3) is 3.15. The summed E-state index contributed by atoms with van der Waals surface area (Å²) in [7, 11) is -2.42. The molecule has 1 aromatic rings. The molecule has 0 radical (unpaired) electrons. The van der Waals surface area contributed by atoms with Gasteiger partial charge in [0.2, 0.25) is 10.0 Å². The zero-order chi connectivity index (χ0) is 15.9. The number of carbonyl (C=O) groups is 1. The van der Waals surface area contributed by atoms with E-state index >= 15 is 0 Å². The van der Waals surface area contributed by atoms with E-state index in [1.165, 1.54) is 7.11 Å². The summed E-state index contributed by atoms with van der Waals surface area (Å²) in [6, 6.07) is -0.00269. The second kappa shape index (κ2) is 7.06. The predicted octanol–water partition coefficient (Wildman–Crippen LogP) is 1.78. The van der Waals surface area contributed by atoms with Gasteiger partial charge in [-0.1, -0.05) is 0 Å². The van der Waals surface area contributed by atoms with Crippen molar-refractivity contribution in [3.05, 3.63) is 15.8 Å². The molecule has 6 nitrogen and oxygen atoms in total. The van der Waals surface area contributed by atoms with Crippen molar-refractivity contribution in [1.29, 1.82) is 0 Å². The molecule has 1 N–H and O–H groups in total. The molecule has 2 bridgehead atoms. The van der Waals surface area contributed by atoms with E-state index in [0.29, 0.717) is 12.1 Å². The van der Waals surface area contributed by atoms with Crippen LogP contribution in [-0.2, 0) is 14.8 Å². The minimum absolute atomic E-state index is 0. The number of thiophene rings is 1. The fraction of sp³-hybridized carbons (Fsp3) is 0.643. The van der Waals surface area contributed by atoms with E-state index in [2.05, 4.69) is 5.32 Å². The number of hydrogen-bond acceptors (Lipinski definition) is 6. The van der Waals surface area contributed by atoms with Crippen LogP contribution < -0.4 is 5.32 Å². The second-order valence-electron chi connectivity index (χ2n) is 5.78. The van der Waals surface area contributed by atoms with E-state index in [9.17, 15) is 13.2 Å². The van der Waals surface area contributed by atoms with Gasteiger partial charge < -0.3 is 10.1 Å². The summed E-state index contributed by atoms with van der Waals surface area (Å²) < 4.78 is 32.8. The number of rotatable bonds is 3. The van der Waals surface area contributed by atoms with Crippen molar-refractivity contribution in [1.82, 2.24) is 9.62 Å². The lowest BCUT2D eigenvalue weighted by molar-refractivity contribution is 0.0602. The van der Waals surface area contributed by atoms with E-state index in [-0.39, 0.29) is 34.3 Å². The monoisotopic (exact) mass is 380 g/mol. The zero-order valence-corrected chi connectivity index (χ0v) is 15.5. The number of halogens is 1. The van der Waals surface area contributed by atoms with Crippen LogP contribution in [0, 0.1) is 6.92 Å². The average molecular weight is 381 g/mol. The number of aryl methyl sites for hydroxylation is 1. The Morgan fingerprint density at radius 2 is 2.04 bits per heavy atom. The lowest BCUT2D eigenvalue weighted by atomic mass is 10.1. The zero-order valence-electron chi connectivity index (χ0n) is 13.1. The lowest BCUT2D eigenvalue weighted by Crippen LogP contribution is -2.42. The number of nitrogens with one attached hydrogen (secondary N) is 1. The highest BCUT2D eigenvalue weighted by molar-refractivity contribution is 7.89. The number of hydrogen-bond donors (Lipinski definition) is 1. The van der Waals surface area contributed by atoms with Crippen LogP contribution in [0.2, 0.25) is 0 Å². The Bertz CT molecular complexity index is 675. The summed E-state index contributed by atoms with van der Waals surface area (Å²) in [5.74, 6) is -0.586. The second-order valence-corrected chi connectivity index (χ2v) is 8.44. The normalized spacial score (nSPS) is 24.8. The van der Waals surface area contributed by atoms with Crippen molar-refractivity contribution in [3.8, 4) is 0 Å². The van der Waals surface area contributed by atoms with E-state index in [4.69, 9.17) is 4.74 Å². The quantitative estimate of drug-likeness (QED) is 0.809. The van der Waals surface area contributed by atoms with Crippen LogP contribution in [0.5, 0.6) is 0 Å². The molecule has 0 aliphatic carbocycles. The van der Waals surface area contributed by atoms with Gasteiger partial charge >= 0.3 is 5.97 Å². The summed E-state index contributed by atoms with van der Waals surface area (Å²) >= 11 is 1.13. The SMILES string of the molecule is COC(=O)c1scc(C)c1S(=O)(=O)N1C2CCNCC1CC2.Cl. The van der Waals surface area contributed by atoms with Crippen LogP contribution >= 0.6 is 23.7 Å². The average Bonchev–Trinajstić information content (AvgIpc) is 2.98. The molecule has 2 aliphatic rings. The maximum atomic E-state index is 13.2. The Balaban J connectivity index is 0.00000192. The van der Waals surface area contributed by atoms with E-state index in [1.807, 2.05) is 0 Å². The van der Waals surface area contributed by atoms with Gasteiger partial charge in [0, 0.05) is 18.6 Å².